The van der Waals surface area contributed by atoms with Gasteiger partial charge in [-0.3, -0.25) is 0 Å². The van der Waals surface area contributed by atoms with Gasteiger partial charge in [-0.1, -0.05) is 24.2 Å². The van der Waals surface area contributed by atoms with Gasteiger partial charge in [0.05, 0.1) is 0 Å². The van der Waals surface area contributed by atoms with Crippen molar-refractivity contribution in [3.05, 3.63) is 30.0 Å². The van der Waals surface area contributed by atoms with Crippen molar-refractivity contribution in [2.24, 2.45) is 0 Å². The third-order valence-corrected chi connectivity index (χ3v) is 6.49. The molecule has 5 nitrogen and oxygen atoms in total. The van der Waals surface area contributed by atoms with Crippen LogP contribution < -0.4 is 4.72 Å². The molecule has 1 fully saturated rings. The molecule has 1 aliphatic rings. The predicted molar refractivity (Wildman–Crippen MR) is 89.3 cm³/mol. The summed E-state index contributed by atoms with van der Waals surface area (Å²) in [5, 5.41) is 5.24. The van der Waals surface area contributed by atoms with E-state index in [1.807, 2.05) is 30.0 Å². The van der Waals surface area contributed by atoms with Gasteiger partial charge in [0, 0.05) is 16.7 Å². The lowest BCUT2D eigenvalue weighted by Crippen LogP contribution is -2.34. The Morgan fingerprint density at radius 1 is 1.36 bits per heavy atom. The van der Waals surface area contributed by atoms with Crippen LogP contribution in [-0.4, -0.2) is 30.6 Å². The van der Waals surface area contributed by atoms with Crippen molar-refractivity contribution in [1.82, 2.24) is 9.88 Å². The molecule has 0 unspecified atom stereocenters. The zero-order valence-corrected chi connectivity index (χ0v) is 14.1. The van der Waals surface area contributed by atoms with Crippen LogP contribution in [0, 0.1) is 0 Å². The molecule has 2 atom stereocenters. The average Bonchev–Trinajstić information content (AvgIpc) is 3.06. The van der Waals surface area contributed by atoms with Crippen LogP contribution in [0.25, 0.3) is 11.0 Å². The first kappa shape index (κ1) is 15.8. The molecule has 0 spiro atoms. The van der Waals surface area contributed by atoms with Crippen LogP contribution in [0.1, 0.15) is 31.9 Å². The second-order valence-corrected chi connectivity index (χ2v) is 8.92. The molecule has 1 saturated carbocycles. The molecule has 1 heterocycles. The normalized spacial score (nSPS) is 22.4. The monoisotopic (exact) mass is 340 g/mol. The van der Waals surface area contributed by atoms with Crippen LogP contribution in [0.4, 0.5) is 0 Å². The molecule has 120 valence electrons. The van der Waals surface area contributed by atoms with E-state index in [2.05, 4.69) is 16.8 Å². The topological polar surface area (TPSA) is 72.2 Å². The van der Waals surface area contributed by atoms with E-state index in [4.69, 9.17) is 4.52 Å². The quantitative estimate of drug-likeness (QED) is 0.875. The summed E-state index contributed by atoms with van der Waals surface area (Å²) < 4.78 is 32.7. The molecule has 1 aromatic heterocycles. The highest BCUT2D eigenvalue weighted by molar-refractivity contribution is 7.99. The number of hydrogen-bond acceptors (Lipinski definition) is 5. The van der Waals surface area contributed by atoms with E-state index in [-0.39, 0.29) is 11.8 Å². The van der Waals surface area contributed by atoms with Crippen molar-refractivity contribution < 1.29 is 12.9 Å². The molecule has 1 aromatic carbocycles. The summed E-state index contributed by atoms with van der Waals surface area (Å²) in [5.74, 6) is 0.946. The van der Waals surface area contributed by atoms with E-state index in [0.717, 1.165) is 30.4 Å². The standard InChI is InChI=1S/C15H20N2O3S2/c1-2-21-12-8-7-11(9-12)17-22(18,19)10-14-13-5-3-4-6-15(13)20-16-14/h3-6,11-12,17H,2,7-10H2,1H3/t11-,12+/m0/s1. The Balaban J connectivity index is 1.67. The lowest BCUT2D eigenvalue weighted by Gasteiger charge is -2.12. The van der Waals surface area contributed by atoms with Gasteiger partial charge in [-0.2, -0.15) is 11.8 Å². The van der Waals surface area contributed by atoms with Crippen LogP contribution in [0.5, 0.6) is 0 Å². The number of hydrogen-bond donors (Lipinski definition) is 1. The Morgan fingerprint density at radius 3 is 3.00 bits per heavy atom. The van der Waals surface area contributed by atoms with E-state index in [1.165, 1.54) is 0 Å². The second-order valence-electron chi connectivity index (χ2n) is 5.59. The molecule has 2 aromatic rings. The Morgan fingerprint density at radius 2 is 2.18 bits per heavy atom. The Hall–Kier alpha value is -1.05. The van der Waals surface area contributed by atoms with Gasteiger partial charge < -0.3 is 4.52 Å². The van der Waals surface area contributed by atoms with Crippen molar-refractivity contribution in [3.63, 3.8) is 0 Å². The number of para-hydroxylation sites is 1. The third kappa shape index (κ3) is 3.64. The van der Waals surface area contributed by atoms with Crippen LogP contribution >= 0.6 is 11.8 Å². The Labute approximate surface area is 134 Å². The highest BCUT2D eigenvalue weighted by Crippen LogP contribution is 2.30. The molecule has 22 heavy (non-hydrogen) atoms. The summed E-state index contributed by atoms with van der Waals surface area (Å²) in [6, 6.07) is 7.36. The minimum atomic E-state index is -3.40. The summed E-state index contributed by atoms with van der Waals surface area (Å²) in [7, 11) is -3.40. The van der Waals surface area contributed by atoms with E-state index in [9.17, 15) is 8.42 Å². The molecule has 0 aliphatic heterocycles. The van der Waals surface area contributed by atoms with Crippen molar-refractivity contribution in [2.75, 3.05) is 5.75 Å². The number of aromatic nitrogens is 1. The fourth-order valence-corrected chi connectivity index (χ4v) is 5.47. The van der Waals surface area contributed by atoms with Crippen molar-refractivity contribution >= 4 is 32.8 Å². The first-order valence-corrected chi connectivity index (χ1v) is 10.2. The maximum Gasteiger partial charge on any atom is 0.217 e. The van der Waals surface area contributed by atoms with Gasteiger partial charge >= 0.3 is 0 Å². The number of benzene rings is 1. The highest BCUT2D eigenvalue weighted by Gasteiger charge is 2.28. The SMILES string of the molecule is CCS[C@@H]1CC[C@H](NS(=O)(=O)Cc2noc3ccccc23)C1. The summed E-state index contributed by atoms with van der Waals surface area (Å²) >= 11 is 1.91. The zero-order chi connectivity index (χ0) is 15.6. The molecule has 0 radical (unpaired) electrons. The van der Waals surface area contributed by atoms with Crippen molar-refractivity contribution in [1.29, 1.82) is 0 Å². The molecule has 0 saturated heterocycles. The fraction of sp³-hybridized carbons (Fsp3) is 0.533. The summed E-state index contributed by atoms with van der Waals surface area (Å²) in [6.45, 7) is 2.14. The maximum absolute atomic E-state index is 12.4. The molecule has 3 rings (SSSR count). The van der Waals surface area contributed by atoms with Gasteiger partial charge in [-0.15, -0.1) is 0 Å². The summed E-state index contributed by atoms with van der Waals surface area (Å²) in [4.78, 5) is 0. The van der Waals surface area contributed by atoms with E-state index in [1.54, 1.807) is 6.07 Å². The number of thioether (sulfide) groups is 1. The Bertz CT molecular complexity index is 742. The third-order valence-electron chi connectivity index (χ3n) is 3.91. The van der Waals surface area contributed by atoms with Crippen molar-refractivity contribution in [3.8, 4) is 0 Å². The molecular weight excluding hydrogens is 320 g/mol. The maximum atomic E-state index is 12.4. The number of nitrogens with zero attached hydrogens (tertiary/aromatic N) is 1. The highest BCUT2D eigenvalue weighted by atomic mass is 32.2. The van der Waals surface area contributed by atoms with Crippen molar-refractivity contribution in [2.45, 2.75) is 43.2 Å². The first-order chi connectivity index (χ1) is 10.6. The van der Waals surface area contributed by atoms with Crippen LogP contribution in [0.3, 0.4) is 0 Å². The van der Waals surface area contributed by atoms with Crippen LogP contribution in [0.15, 0.2) is 28.8 Å². The lowest BCUT2D eigenvalue weighted by atomic mass is 10.2. The van der Waals surface area contributed by atoms with Gasteiger partial charge in [0.2, 0.25) is 10.0 Å². The molecule has 0 amide bonds. The smallest absolute Gasteiger partial charge is 0.217 e. The zero-order valence-electron chi connectivity index (χ0n) is 12.5. The van der Waals surface area contributed by atoms with E-state index < -0.39 is 10.0 Å². The van der Waals surface area contributed by atoms with Crippen LogP contribution in [-0.2, 0) is 15.8 Å². The molecule has 1 N–H and O–H groups in total. The largest absolute Gasteiger partial charge is 0.356 e. The predicted octanol–water partition coefficient (Wildman–Crippen LogP) is 2.92. The Kier molecular flexibility index (Phi) is 4.75. The molecule has 7 heteroatoms. The number of rotatable bonds is 6. The molecular formula is C15H20N2O3S2. The summed E-state index contributed by atoms with van der Waals surface area (Å²) in [5.41, 5.74) is 1.09. The molecule has 0 bridgehead atoms. The number of nitrogens with one attached hydrogen (secondary N) is 1. The van der Waals surface area contributed by atoms with E-state index >= 15 is 0 Å². The van der Waals surface area contributed by atoms with Gasteiger partial charge in [-0.25, -0.2) is 13.1 Å². The van der Waals surface area contributed by atoms with E-state index in [0.29, 0.717) is 16.5 Å². The second kappa shape index (κ2) is 6.60. The first-order valence-electron chi connectivity index (χ1n) is 7.52. The summed E-state index contributed by atoms with van der Waals surface area (Å²) in [6.07, 6.45) is 2.91. The number of sulfonamides is 1. The van der Waals surface area contributed by atoms with Gasteiger partial charge in [0.25, 0.3) is 0 Å². The minimum Gasteiger partial charge on any atom is -0.356 e. The van der Waals surface area contributed by atoms with Gasteiger partial charge in [-0.05, 0) is 37.1 Å². The van der Waals surface area contributed by atoms with Gasteiger partial charge in [0.1, 0.15) is 11.4 Å². The molecule has 1 aliphatic carbocycles. The number of fused-ring (bicyclic) bond motifs is 1. The fourth-order valence-electron chi connectivity index (χ4n) is 2.95. The van der Waals surface area contributed by atoms with Gasteiger partial charge in [0.15, 0.2) is 5.58 Å². The van der Waals surface area contributed by atoms with Crippen LogP contribution in [0.2, 0.25) is 0 Å². The average molecular weight is 340 g/mol. The lowest BCUT2D eigenvalue weighted by molar-refractivity contribution is 0.448. The minimum absolute atomic E-state index is 0.0483.